The first-order valence-electron chi connectivity index (χ1n) is 11.4. The van der Waals surface area contributed by atoms with E-state index in [0.29, 0.717) is 0 Å². The molecule has 1 atom stereocenters. The van der Waals surface area contributed by atoms with Crippen molar-refractivity contribution < 1.29 is 19.5 Å². The zero-order valence-electron chi connectivity index (χ0n) is 19.2. The molecule has 1 aliphatic carbocycles. The van der Waals surface area contributed by atoms with Gasteiger partial charge in [0.25, 0.3) is 0 Å². The molecule has 174 valence electrons. The maximum absolute atomic E-state index is 13.5. The minimum absolute atomic E-state index is 0.00616. The summed E-state index contributed by atoms with van der Waals surface area (Å²) in [5, 5.41) is 15.1. The molecule has 0 bridgehead atoms. The number of carboxylic acid groups (broad SMARTS) is 1. The molecule has 2 amide bonds. The Morgan fingerprint density at radius 1 is 0.853 bits per heavy atom. The van der Waals surface area contributed by atoms with Gasteiger partial charge in [0.15, 0.2) is 0 Å². The zero-order chi connectivity index (χ0) is 24.3. The number of fused-ring (bicyclic) bond motifs is 3. The maximum Gasteiger partial charge on any atom is 0.303 e. The van der Waals surface area contributed by atoms with Crippen LogP contribution >= 0.6 is 0 Å². The van der Waals surface area contributed by atoms with Crippen LogP contribution in [-0.4, -0.2) is 28.9 Å². The van der Waals surface area contributed by atoms with Gasteiger partial charge in [0.05, 0.1) is 11.5 Å². The van der Waals surface area contributed by atoms with Crippen LogP contribution < -0.4 is 10.6 Å². The quantitative estimate of drug-likeness (QED) is 0.473. The molecular weight excluding hydrogens is 428 g/mol. The number of carboxylic acids is 1. The molecule has 0 saturated heterocycles. The summed E-state index contributed by atoms with van der Waals surface area (Å²) in [6, 6.07) is 24.0. The van der Waals surface area contributed by atoms with Crippen molar-refractivity contribution in [3.05, 3.63) is 95.6 Å². The molecule has 0 heterocycles. The molecule has 3 aromatic rings. The fourth-order valence-electron chi connectivity index (χ4n) is 4.55. The average Bonchev–Trinajstić information content (AvgIpc) is 3.16. The van der Waals surface area contributed by atoms with Gasteiger partial charge in [-0.15, -0.1) is 0 Å². The van der Waals surface area contributed by atoms with Crippen LogP contribution in [0.4, 0.5) is 0 Å². The minimum Gasteiger partial charge on any atom is -0.481 e. The number of nitrogens with one attached hydrogen (secondary N) is 2. The molecule has 0 aromatic heterocycles. The lowest BCUT2D eigenvalue weighted by molar-refractivity contribution is -0.138. The summed E-state index contributed by atoms with van der Waals surface area (Å²) in [6.07, 6.45) is -0.240. The highest BCUT2D eigenvalue weighted by Crippen LogP contribution is 2.44. The van der Waals surface area contributed by atoms with Crippen molar-refractivity contribution in [3.8, 4) is 11.1 Å². The molecule has 0 spiro atoms. The van der Waals surface area contributed by atoms with Crippen molar-refractivity contribution in [3.63, 3.8) is 0 Å². The largest absolute Gasteiger partial charge is 0.481 e. The van der Waals surface area contributed by atoms with Crippen LogP contribution in [0.3, 0.4) is 0 Å². The Labute approximate surface area is 199 Å². The summed E-state index contributed by atoms with van der Waals surface area (Å²) in [5.74, 6) is -2.32. The van der Waals surface area contributed by atoms with E-state index < -0.39 is 29.4 Å². The summed E-state index contributed by atoms with van der Waals surface area (Å²) in [4.78, 5) is 38.1. The molecule has 6 nitrogen and oxygen atoms in total. The second-order valence-electron chi connectivity index (χ2n) is 9.08. The monoisotopic (exact) mass is 456 g/mol. The molecule has 3 aromatic carbocycles. The summed E-state index contributed by atoms with van der Waals surface area (Å²) in [5.41, 5.74) is 3.96. The lowest BCUT2D eigenvalue weighted by Crippen LogP contribution is -2.52. The van der Waals surface area contributed by atoms with Gasteiger partial charge in [0.1, 0.15) is 6.04 Å². The van der Waals surface area contributed by atoms with E-state index in [4.69, 9.17) is 0 Å². The SMILES string of the molecule is CC(C)(NC(=O)[C@H](CCC(=O)O)NC(=O)C1c2ccccc2-c2ccccc21)c1ccccc1. The summed E-state index contributed by atoms with van der Waals surface area (Å²) >= 11 is 0. The summed E-state index contributed by atoms with van der Waals surface area (Å²) in [7, 11) is 0. The number of hydrogen-bond acceptors (Lipinski definition) is 3. The maximum atomic E-state index is 13.5. The van der Waals surface area contributed by atoms with Crippen molar-refractivity contribution >= 4 is 17.8 Å². The highest BCUT2D eigenvalue weighted by molar-refractivity contribution is 5.98. The fourth-order valence-corrected chi connectivity index (χ4v) is 4.55. The van der Waals surface area contributed by atoms with Crippen molar-refractivity contribution in [2.45, 2.75) is 44.2 Å². The zero-order valence-corrected chi connectivity index (χ0v) is 19.2. The van der Waals surface area contributed by atoms with Gasteiger partial charge in [-0.3, -0.25) is 14.4 Å². The van der Waals surface area contributed by atoms with E-state index >= 15 is 0 Å². The molecule has 0 unspecified atom stereocenters. The third-order valence-corrected chi connectivity index (χ3v) is 6.31. The molecule has 0 aliphatic heterocycles. The third-order valence-electron chi connectivity index (χ3n) is 6.31. The van der Waals surface area contributed by atoms with E-state index in [0.717, 1.165) is 27.8 Å². The molecule has 0 fully saturated rings. The van der Waals surface area contributed by atoms with E-state index in [9.17, 15) is 19.5 Å². The number of aliphatic carboxylic acids is 1. The third kappa shape index (κ3) is 4.71. The summed E-state index contributed by atoms with van der Waals surface area (Å²) < 4.78 is 0. The standard InChI is InChI=1S/C28H28N2O4/c1-28(2,18-10-4-3-5-11-18)30-26(33)23(16-17-24(31)32)29-27(34)25-21-14-8-6-12-19(21)20-13-7-9-15-22(20)25/h3-15,23,25H,16-17H2,1-2H3,(H,29,34)(H,30,33)(H,31,32)/t23-/m0/s1. The molecule has 4 rings (SSSR count). The lowest BCUT2D eigenvalue weighted by atomic mass is 9.93. The van der Waals surface area contributed by atoms with Crippen LogP contribution in [0.1, 0.15) is 49.3 Å². The topological polar surface area (TPSA) is 95.5 Å². The number of benzene rings is 3. The van der Waals surface area contributed by atoms with Crippen LogP contribution in [0, 0.1) is 0 Å². The number of rotatable bonds is 8. The average molecular weight is 457 g/mol. The van der Waals surface area contributed by atoms with Gasteiger partial charge in [-0.2, -0.15) is 0 Å². The first-order valence-corrected chi connectivity index (χ1v) is 11.4. The van der Waals surface area contributed by atoms with Crippen molar-refractivity contribution in [2.75, 3.05) is 0 Å². The molecule has 3 N–H and O–H groups in total. The number of hydrogen-bond donors (Lipinski definition) is 3. The predicted molar refractivity (Wildman–Crippen MR) is 130 cm³/mol. The Hall–Kier alpha value is -3.93. The highest BCUT2D eigenvalue weighted by Gasteiger charge is 2.36. The number of carbonyl (C=O) groups is 3. The number of carbonyl (C=O) groups excluding carboxylic acids is 2. The van der Waals surface area contributed by atoms with E-state index in [-0.39, 0.29) is 18.7 Å². The normalized spacial score (nSPS) is 13.5. The van der Waals surface area contributed by atoms with Crippen LogP contribution in [0.5, 0.6) is 0 Å². The van der Waals surface area contributed by atoms with Gasteiger partial charge >= 0.3 is 5.97 Å². The predicted octanol–water partition coefficient (Wildman–Crippen LogP) is 4.20. The Balaban J connectivity index is 1.58. The first-order chi connectivity index (χ1) is 16.3. The summed E-state index contributed by atoms with van der Waals surface area (Å²) in [6.45, 7) is 3.75. The van der Waals surface area contributed by atoms with Gasteiger partial charge in [-0.05, 0) is 48.1 Å². The minimum atomic E-state index is -1.02. The lowest BCUT2D eigenvalue weighted by Gasteiger charge is -2.30. The fraction of sp³-hybridized carbons (Fsp3) is 0.250. The van der Waals surface area contributed by atoms with Gasteiger partial charge < -0.3 is 15.7 Å². The van der Waals surface area contributed by atoms with E-state index in [1.807, 2.05) is 92.7 Å². The Morgan fingerprint density at radius 3 is 1.94 bits per heavy atom. The van der Waals surface area contributed by atoms with Crippen LogP contribution in [0.25, 0.3) is 11.1 Å². The van der Waals surface area contributed by atoms with Crippen LogP contribution in [0.15, 0.2) is 78.9 Å². The Kier molecular flexibility index (Phi) is 6.50. The van der Waals surface area contributed by atoms with E-state index in [1.165, 1.54) is 0 Å². The molecule has 1 aliphatic rings. The van der Waals surface area contributed by atoms with Crippen molar-refractivity contribution in [1.29, 1.82) is 0 Å². The first kappa shape index (κ1) is 23.2. The molecular formula is C28H28N2O4. The van der Waals surface area contributed by atoms with Crippen LogP contribution in [-0.2, 0) is 19.9 Å². The van der Waals surface area contributed by atoms with Crippen LogP contribution in [0.2, 0.25) is 0 Å². The van der Waals surface area contributed by atoms with Gasteiger partial charge in [-0.25, -0.2) is 0 Å². The van der Waals surface area contributed by atoms with Gasteiger partial charge in [-0.1, -0.05) is 78.9 Å². The molecule has 0 radical (unpaired) electrons. The van der Waals surface area contributed by atoms with E-state index in [2.05, 4.69) is 10.6 Å². The number of amides is 2. The highest BCUT2D eigenvalue weighted by atomic mass is 16.4. The van der Waals surface area contributed by atoms with E-state index in [1.54, 1.807) is 0 Å². The molecule has 6 heteroatoms. The second-order valence-corrected chi connectivity index (χ2v) is 9.08. The van der Waals surface area contributed by atoms with Crippen molar-refractivity contribution in [1.82, 2.24) is 10.6 Å². The molecule has 0 saturated carbocycles. The molecule has 34 heavy (non-hydrogen) atoms. The second kappa shape index (κ2) is 9.51. The van der Waals surface area contributed by atoms with Gasteiger partial charge in [0, 0.05) is 6.42 Å². The van der Waals surface area contributed by atoms with Crippen molar-refractivity contribution in [2.24, 2.45) is 0 Å². The smallest absolute Gasteiger partial charge is 0.303 e. The Bertz CT molecular complexity index is 1170. The Morgan fingerprint density at radius 2 is 1.38 bits per heavy atom. The van der Waals surface area contributed by atoms with Gasteiger partial charge in [0.2, 0.25) is 11.8 Å².